The molecule has 0 radical (unpaired) electrons. The molecule has 182 valence electrons. The average Bonchev–Trinajstić information content (AvgIpc) is 3.31. The zero-order valence-corrected chi connectivity index (χ0v) is 21.1. The first kappa shape index (κ1) is 23.8. The molecule has 3 aromatic carbocycles. The molecule has 0 aliphatic heterocycles. The molecule has 0 aliphatic rings. The molecule has 5 aromatic rings. The van der Waals surface area contributed by atoms with E-state index in [1.54, 1.807) is 4.57 Å². The highest BCUT2D eigenvalue weighted by atomic mass is 32.2. The van der Waals surface area contributed by atoms with Crippen molar-refractivity contribution in [1.82, 2.24) is 24.5 Å². The molecule has 0 saturated heterocycles. The summed E-state index contributed by atoms with van der Waals surface area (Å²) in [5.74, 6) is 0.585. The highest BCUT2D eigenvalue weighted by molar-refractivity contribution is 7.99. The summed E-state index contributed by atoms with van der Waals surface area (Å²) in [5, 5.41) is 12.9. The van der Waals surface area contributed by atoms with Crippen molar-refractivity contribution >= 4 is 34.3 Å². The van der Waals surface area contributed by atoms with Gasteiger partial charge in [-0.05, 0) is 55.5 Å². The number of aromatic nitrogens is 4. The Morgan fingerprint density at radius 3 is 2.42 bits per heavy atom. The number of amides is 1. The van der Waals surface area contributed by atoms with Crippen molar-refractivity contribution in [3.05, 3.63) is 99.8 Å². The number of hydrogen-bond acceptors (Lipinski definition) is 5. The van der Waals surface area contributed by atoms with Crippen LogP contribution in [0.3, 0.4) is 0 Å². The largest absolute Gasteiger partial charge is 0.355 e. The lowest BCUT2D eigenvalue weighted by Gasteiger charge is -2.15. The van der Waals surface area contributed by atoms with E-state index in [0.29, 0.717) is 22.9 Å². The highest BCUT2D eigenvalue weighted by Crippen LogP contribution is 2.25. The molecule has 2 heterocycles. The van der Waals surface area contributed by atoms with Gasteiger partial charge in [0.1, 0.15) is 0 Å². The fraction of sp³-hybridized carbons (Fsp3) is 0.214. The smallest absolute Gasteiger partial charge is 0.267 e. The molecule has 8 heteroatoms. The van der Waals surface area contributed by atoms with Crippen LogP contribution < -0.4 is 10.9 Å². The van der Waals surface area contributed by atoms with Gasteiger partial charge in [0.05, 0.1) is 22.3 Å². The van der Waals surface area contributed by atoms with E-state index < -0.39 is 0 Å². The Labute approximate surface area is 213 Å². The van der Waals surface area contributed by atoms with Crippen LogP contribution >= 0.6 is 11.8 Å². The molecule has 1 N–H and O–H groups in total. The van der Waals surface area contributed by atoms with Crippen LogP contribution in [0.1, 0.15) is 23.1 Å². The Bertz CT molecular complexity index is 1590. The summed E-state index contributed by atoms with van der Waals surface area (Å²) in [5.41, 5.74) is 4.59. The van der Waals surface area contributed by atoms with Crippen LogP contribution in [0.4, 0.5) is 0 Å². The summed E-state index contributed by atoms with van der Waals surface area (Å²) in [6.45, 7) is 4.58. The number of thioether (sulfide) groups is 1. The summed E-state index contributed by atoms with van der Waals surface area (Å²) >= 11 is 1.31. The standard InChI is InChI=1S/C28H27N5O2S/c1-19-10-8-11-20(2)25(19)33-26(35)22-15-6-7-16-23(22)32-27(33)30-31-28(32)36-18-24(34)29-17-9-14-21-12-4-3-5-13-21/h3-8,10-13,15-16H,9,14,17-18H2,1-2H3,(H,29,34). The van der Waals surface area contributed by atoms with Crippen LogP contribution in [0.2, 0.25) is 0 Å². The van der Waals surface area contributed by atoms with E-state index in [4.69, 9.17) is 0 Å². The Morgan fingerprint density at radius 2 is 1.64 bits per heavy atom. The van der Waals surface area contributed by atoms with Gasteiger partial charge in [-0.15, -0.1) is 10.2 Å². The lowest BCUT2D eigenvalue weighted by molar-refractivity contribution is -0.118. The quantitative estimate of drug-likeness (QED) is 0.252. The summed E-state index contributed by atoms with van der Waals surface area (Å²) < 4.78 is 3.50. The molecule has 7 nitrogen and oxygen atoms in total. The number of benzene rings is 3. The van der Waals surface area contributed by atoms with E-state index in [1.807, 2.05) is 78.9 Å². The van der Waals surface area contributed by atoms with E-state index in [-0.39, 0.29) is 17.2 Å². The number of fused-ring (bicyclic) bond motifs is 3. The van der Waals surface area contributed by atoms with Crippen molar-refractivity contribution in [2.75, 3.05) is 12.3 Å². The average molecular weight is 498 g/mol. The zero-order chi connectivity index (χ0) is 25.1. The minimum atomic E-state index is -0.143. The summed E-state index contributed by atoms with van der Waals surface area (Å²) in [6, 6.07) is 23.6. The van der Waals surface area contributed by atoms with Crippen LogP contribution in [0.15, 0.2) is 82.7 Å². The Kier molecular flexibility index (Phi) is 6.86. The first-order chi connectivity index (χ1) is 17.5. The lowest BCUT2D eigenvalue weighted by atomic mass is 10.1. The molecule has 2 aromatic heterocycles. The van der Waals surface area contributed by atoms with Crippen LogP contribution in [0, 0.1) is 13.8 Å². The second-order valence-corrected chi connectivity index (χ2v) is 9.69. The normalized spacial score (nSPS) is 11.3. The highest BCUT2D eigenvalue weighted by Gasteiger charge is 2.20. The Morgan fingerprint density at radius 1 is 0.917 bits per heavy atom. The first-order valence-corrected chi connectivity index (χ1v) is 12.9. The number of carbonyl (C=O) groups is 1. The molecule has 0 unspecified atom stereocenters. The van der Waals surface area contributed by atoms with Crippen molar-refractivity contribution in [1.29, 1.82) is 0 Å². The fourth-order valence-corrected chi connectivity index (χ4v) is 5.25. The molecule has 0 saturated carbocycles. The van der Waals surface area contributed by atoms with E-state index in [0.717, 1.165) is 35.2 Å². The van der Waals surface area contributed by atoms with Gasteiger partial charge >= 0.3 is 0 Å². The van der Waals surface area contributed by atoms with Gasteiger partial charge in [0.2, 0.25) is 11.7 Å². The molecular formula is C28H27N5O2S. The third-order valence-electron chi connectivity index (χ3n) is 6.20. The van der Waals surface area contributed by atoms with Crippen molar-refractivity contribution in [3.8, 4) is 5.69 Å². The number of hydrogen-bond donors (Lipinski definition) is 1. The second-order valence-electron chi connectivity index (χ2n) is 8.74. The van der Waals surface area contributed by atoms with Gasteiger partial charge in [-0.25, -0.2) is 4.57 Å². The number of nitrogens with one attached hydrogen (secondary N) is 1. The minimum Gasteiger partial charge on any atom is -0.355 e. The SMILES string of the molecule is Cc1cccc(C)c1-n1c(=O)c2ccccc2n2c(SCC(=O)NCCCc3ccccc3)nnc12. The van der Waals surface area contributed by atoms with E-state index >= 15 is 0 Å². The molecule has 0 bridgehead atoms. The van der Waals surface area contributed by atoms with Gasteiger partial charge in [-0.1, -0.05) is 72.4 Å². The minimum absolute atomic E-state index is 0.0582. The topological polar surface area (TPSA) is 81.3 Å². The third-order valence-corrected chi connectivity index (χ3v) is 7.13. The van der Waals surface area contributed by atoms with Crippen LogP contribution in [-0.4, -0.2) is 37.4 Å². The third kappa shape index (κ3) is 4.64. The number of nitrogens with zero attached hydrogens (tertiary/aromatic N) is 4. The molecule has 0 spiro atoms. The predicted octanol–water partition coefficient (Wildman–Crippen LogP) is 4.49. The first-order valence-electron chi connectivity index (χ1n) is 11.9. The fourth-order valence-electron chi connectivity index (χ4n) is 4.48. The molecule has 0 aliphatic carbocycles. The van der Waals surface area contributed by atoms with Crippen molar-refractivity contribution in [2.24, 2.45) is 0 Å². The molecule has 0 fully saturated rings. The number of para-hydroxylation sites is 2. The Hall–Kier alpha value is -3.91. The van der Waals surface area contributed by atoms with E-state index in [9.17, 15) is 9.59 Å². The van der Waals surface area contributed by atoms with Crippen LogP contribution in [0.25, 0.3) is 22.4 Å². The summed E-state index contributed by atoms with van der Waals surface area (Å²) in [7, 11) is 0. The van der Waals surface area contributed by atoms with E-state index in [1.165, 1.54) is 17.3 Å². The number of rotatable bonds is 8. The summed E-state index contributed by atoms with van der Waals surface area (Å²) in [6.07, 6.45) is 1.80. The van der Waals surface area contributed by atoms with Gasteiger partial charge in [-0.2, -0.15) is 0 Å². The maximum Gasteiger partial charge on any atom is 0.267 e. The van der Waals surface area contributed by atoms with Crippen LogP contribution in [-0.2, 0) is 11.2 Å². The lowest BCUT2D eigenvalue weighted by Crippen LogP contribution is -2.26. The summed E-state index contributed by atoms with van der Waals surface area (Å²) in [4.78, 5) is 26.1. The maximum atomic E-state index is 13.6. The molecule has 36 heavy (non-hydrogen) atoms. The number of carbonyl (C=O) groups excluding carboxylic acids is 1. The molecule has 5 rings (SSSR count). The second kappa shape index (κ2) is 10.4. The monoisotopic (exact) mass is 497 g/mol. The number of aryl methyl sites for hydroxylation is 3. The van der Waals surface area contributed by atoms with E-state index in [2.05, 4.69) is 27.6 Å². The van der Waals surface area contributed by atoms with Gasteiger partial charge in [0.25, 0.3) is 5.56 Å². The van der Waals surface area contributed by atoms with Crippen molar-refractivity contribution in [2.45, 2.75) is 31.8 Å². The molecule has 1 amide bonds. The molecule has 0 atom stereocenters. The van der Waals surface area contributed by atoms with Crippen molar-refractivity contribution < 1.29 is 4.79 Å². The van der Waals surface area contributed by atoms with Crippen molar-refractivity contribution in [3.63, 3.8) is 0 Å². The molecular weight excluding hydrogens is 470 g/mol. The zero-order valence-electron chi connectivity index (χ0n) is 20.3. The van der Waals surface area contributed by atoms with Gasteiger partial charge < -0.3 is 5.32 Å². The van der Waals surface area contributed by atoms with Gasteiger partial charge in [0.15, 0.2) is 5.16 Å². The van der Waals surface area contributed by atoms with Gasteiger partial charge in [0, 0.05) is 6.54 Å². The van der Waals surface area contributed by atoms with Gasteiger partial charge in [-0.3, -0.25) is 14.0 Å². The van der Waals surface area contributed by atoms with Crippen LogP contribution in [0.5, 0.6) is 0 Å². The maximum absolute atomic E-state index is 13.6. The Balaban J connectivity index is 1.41. The predicted molar refractivity (Wildman–Crippen MR) is 144 cm³/mol.